The molecule has 0 radical (unpaired) electrons. The second kappa shape index (κ2) is 5.75. The molecule has 0 aliphatic carbocycles. The molecule has 1 nitrogen and oxygen atoms in total. The maximum Gasteiger partial charge on any atom is 0.000963 e. The van der Waals surface area contributed by atoms with Crippen LogP contribution in [0.1, 0.15) is 46.5 Å². The van der Waals surface area contributed by atoms with Crippen molar-refractivity contribution in [1.82, 2.24) is 4.90 Å². The molecule has 2 atom stereocenters. The minimum atomic E-state index is 0.883. The Bertz CT molecular complexity index is 153. The molecule has 1 rings (SSSR count). The van der Waals surface area contributed by atoms with Crippen molar-refractivity contribution < 1.29 is 0 Å². The van der Waals surface area contributed by atoms with Gasteiger partial charge in [-0.1, -0.05) is 40.0 Å². The molecule has 1 heteroatoms. The zero-order valence-corrected chi connectivity index (χ0v) is 10.4. The van der Waals surface area contributed by atoms with E-state index in [1.165, 1.54) is 38.8 Å². The minimum Gasteiger partial charge on any atom is -0.306 e. The van der Waals surface area contributed by atoms with Crippen LogP contribution in [-0.4, -0.2) is 25.0 Å². The molecule has 0 aromatic carbocycles. The van der Waals surface area contributed by atoms with Crippen LogP contribution in [0.5, 0.6) is 0 Å². The highest BCUT2D eigenvalue weighted by Crippen LogP contribution is 2.27. The predicted molar refractivity (Wildman–Crippen MR) is 63.5 cm³/mol. The molecule has 0 aromatic heterocycles. The molecule has 84 valence electrons. The highest BCUT2D eigenvalue weighted by molar-refractivity contribution is 4.77. The lowest BCUT2D eigenvalue weighted by atomic mass is 9.88. The average molecular weight is 197 g/mol. The SMILES string of the molecule is CC(C)CCCC(C)C1CCN(C)C1. The van der Waals surface area contributed by atoms with Gasteiger partial charge in [-0.15, -0.1) is 0 Å². The Kier molecular flexibility index (Phi) is 4.94. The number of likely N-dealkylation sites (tertiary alicyclic amines) is 1. The van der Waals surface area contributed by atoms with E-state index in [-0.39, 0.29) is 0 Å². The molecule has 1 heterocycles. The number of rotatable bonds is 5. The van der Waals surface area contributed by atoms with Crippen LogP contribution in [0.25, 0.3) is 0 Å². The number of hydrogen-bond acceptors (Lipinski definition) is 1. The van der Waals surface area contributed by atoms with Crippen molar-refractivity contribution in [2.75, 3.05) is 20.1 Å². The van der Waals surface area contributed by atoms with E-state index in [0.717, 1.165) is 17.8 Å². The zero-order valence-electron chi connectivity index (χ0n) is 10.4. The van der Waals surface area contributed by atoms with E-state index in [2.05, 4.69) is 32.7 Å². The Morgan fingerprint density at radius 1 is 1.21 bits per heavy atom. The highest BCUT2D eigenvalue weighted by Gasteiger charge is 2.24. The van der Waals surface area contributed by atoms with Gasteiger partial charge >= 0.3 is 0 Å². The van der Waals surface area contributed by atoms with E-state index in [1.807, 2.05) is 0 Å². The summed E-state index contributed by atoms with van der Waals surface area (Å²) in [7, 11) is 2.25. The van der Waals surface area contributed by atoms with Crippen molar-refractivity contribution in [2.24, 2.45) is 17.8 Å². The molecule has 2 unspecified atom stereocenters. The molecular weight excluding hydrogens is 170 g/mol. The minimum absolute atomic E-state index is 0.883. The van der Waals surface area contributed by atoms with Gasteiger partial charge in [-0.05, 0) is 37.8 Å². The average Bonchev–Trinajstić information content (AvgIpc) is 2.51. The van der Waals surface area contributed by atoms with Gasteiger partial charge < -0.3 is 4.90 Å². The van der Waals surface area contributed by atoms with Gasteiger partial charge in [0.1, 0.15) is 0 Å². The highest BCUT2D eigenvalue weighted by atomic mass is 15.1. The largest absolute Gasteiger partial charge is 0.306 e. The molecule has 0 aromatic rings. The van der Waals surface area contributed by atoms with Gasteiger partial charge in [-0.25, -0.2) is 0 Å². The summed E-state index contributed by atoms with van der Waals surface area (Å²) in [5, 5.41) is 0. The topological polar surface area (TPSA) is 3.24 Å². The summed E-state index contributed by atoms with van der Waals surface area (Å²) in [5.74, 6) is 2.80. The van der Waals surface area contributed by atoms with Crippen molar-refractivity contribution in [3.63, 3.8) is 0 Å². The molecule has 0 spiro atoms. The van der Waals surface area contributed by atoms with Crippen molar-refractivity contribution in [2.45, 2.75) is 46.5 Å². The quantitative estimate of drug-likeness (QED) is 0.653. The monoisotopic (exact) mass is 197 g/mol. The lowest BCUT2D eigenvalue weighted by molar-refractivity contribution is 0.311. The first-order chi connectivity index (χ1) is 6.59. The third kappa shape index (κ3) is 4.00. The van der Waals surface area contributed by atoms with Crippen LogP contribution in [0.3, 0.4) is 0 Å². The molecule has 1 aliphatic rings. The Morgan fingerprint density at radius 2 is 1.93 bits per heavy atom. The lowest BCUT2D eigenvalue weighted by Crippen LogP contribution is -2.18. The van der Waals surface area contributed by atoms with Crippen molar-refractivity contribution in [3.8, 4) is 0 Å². The normalized spacial score (nSPS) is 25.9. The summed E-state index contributed by atoms with van der Waals surface area (Å²) in [5.41, 5.74) is 0. The third-order valence-electron chi connectivity index (χ3n) is 3.67. The molecule has 0 bridgehead atoms. The third-order valence-corrected chi connectivity index (χ3v) is 3.67. The maximum atomic E-state index is 2.48. The summed E-state index contributed by atoms with van der Waals surface area (Å²) in [4.78, 5) is 2.48. The first-order valence-electron chi connectivity index (χ1n) is 6.28. The summed E-state index contributed by atoms with van der Waals surface area (Å²) in [6.07, 6.45) is 5.71. The van der Waals surface area contributed by atoms with E-state index >= 15 is 0 Å². The van der Waals surface area contributed by atoms with E-state index in [0.29, 0.717) is 0 Å². The Hall–Kier alpha value is -0.0400. The Balaban J connectivity index is 2.12. The van der Waals surface area contributed by atoms with Crippen LogP contribution in [0.2, 0.25) is 0 Å². The predicted octanol–water partition coefficient (Wildman–Crippen LogP) is 3.40. The van der Waals surface area contributed by atoms with Gasteiger partial charge in [-0.2, -0.15) is 0 Å². The van der Waals surface area contributed by atoms with Crippen LogP contribution in [0, 0.1) is 17.8 Å². The molecule has 1 fully saturated rings. The Labute approximate surface area is 89.9 Å². The van der Waals surface area contributed by atoms with Gasteiger partial charge in [-0.3, -0.25) is 0 Å². The van der Waals surface area contributed by atoms with Gasteiger partial charge in [0.05, 0.1) is 0 Å². The van der Waals surface area contributed by atoms with Crippen molar-refractivity contribution in [3.05, 3.63) is 0 Å². The zero-order chi connectivity index (χ0) is 10.6. The molecule has 14 heavy (non-hydrogen) atoms. The van der Waals surface area contributed by atoms with Crippen LogP contribution in [0.15, 0.2) is 0 Å². The van der Waals surface area contributed by atoms with Crippen molar-refractivity contribution >= 4 is 0 Å². The maximum absolute atomic E-state index is 2.48. The van der Waals surface area contributed by atoms with E-state index in [4.69, 9.17) is 0 Å². The lowest BCUT2D eigenvalue weighted by Gasteiger charge is -2.19. The fourth-order valence-corrected chi connectivity index (χ4v) is 2.52. The molecular formula is C13H27N. The summed E-state index contributed by atoms with van der Waals surface area (Å²) >= 11 is 0. The standard InChI is InChI=1S/C13H27N/c1-11(2)6-5-7-12(3)13-8-9-14(4)10-13/h11-13H,5-10H2,1-4H3. The van der Waals surface area contributed by atoms with Crippen LogP contribution in [-0.2, 0) is 0 Å². The molecule has 1 aliphatic heterocycles. The summed E-state index contributed by atoms with van der Waals surface area (Å²) < 4.78 is 0. The summed E-state index contributed by atoms with van der Waals surface area (Å²) in [6.45, 7) is 9.76. The van der Waals surface area contributed by atoms with E-state index in [9.17, 15) is 0 Å². The second-order valence-corrected chi connectivity index (χ2v) is 5.61. The molecule has 1 saturated heterocycles. The molecule has 0 N–H and O–H groups in total. The van der Waals surface area contributed by atoms with Crippen LogP contribution >= 0.6 is 0 Å². The fraction of sp³-hybridized carbons (Fsp3) is 1.00. The molecule has 0 amide bonds. The number of nitrogens with zero attached hydrogens (tertiary/aromatic N) is 1. The Morgan fingerprint density at radius 3 is 2.43 bits per heavy atom. The van der Waals surface area contributed by atoms with Gasteiger partial charge in [0.2, 0.25) is 0 Å². The molecule has 0 saturated carbocycles. The van der Waals surface area contributed by atoms with Gasteiger partial charge in [0, 0.05) is 6.54 Å². The van der Waals surface area contributed by atoms with Crippen molar-refractivity contribution in [1.29, 1.82) is 0 Å². The van der Waals surface area contributed by atoms with Gasteiger partial charge in [0.25, 0.3) is 0 Å². The second-order valence-electron chi connectivity index (χ2n) is 5.61. The fourth-order valence-electron chi connectivity index (χ4n) is 2.52. The number of hydrogen-bond donors (Lipinski definition) is 0. The van der Waals surface area contributed by atoms with Crippen LogP contribution < -0.4 is 0 Å². The first kappa shape index (κ1) is 12.0. The van der Waals surface area contributed by atoms with E-state index in [1.54, 1.807) is 0 Å². The van der Waals surface area contributed by atoms with E-state index < -0.39 is 0 Å². The smallest absolute Gasteiger partial charge is 0.000963 e. The summed E-state index contributed by atoms with van der Waals surface area (Å²) in [6, 6.07) is 0. The first-order valence-corrected chi connectivity index (χ1v) is 6.28. The van der Waals surface area contributed by atoms with Crippen LogP contribution in [0.4, 0.5) is 0 Å². The van der Waals surface area contributed by atoms with Gasteiger partial charge in [0.15, 0.2) is 0 Å².